The van der Waals surface area contributed by atoms with E-state index >= 15 is 0 Å². The maximum Gasteiger partial charge on any atom is 0.241 e. The van der Waals surface area contributed by atoms with E-state index in [-0.39, 0.29) is 5.91 Å². The van der Waals surface area contributed by atoms with Crippen molar-refractivity contribution in [1.29, 1.82) is 0 Å². The average molecular weight is 235 g/mol. The molecule has 5 heteroatoms. The zero-order chi connectivity index (χ0) is 12.3. The molecule has 0 bridgehead atoms. The van der Waals surface area contributed by atoms with Crippen molar-refractivity contribution in [3.63, 3.8) is 0 Å². The molecule has 5 nitrogen and oxygen atoms in total. The zero-order valence-corrected chi connectivity index (χ0v) is 9.89. The van der Waals surface area contributed by atoms with Crippen molar-refractivity contribution in [2.45, 2.75) is 6.54 Å². The molecular formula is C12H17N3O2. The summed E-state index contributed by atoms with van der Waals surface area (Å²) in [7, 11) is 1.95. The third-order valence-corrected chi connectivity index (χ3v) is 2.94. The fourth-order valence-corrected chi connectivity index (χ4v) is 1.95. The molecule has 2 N–H and O–H groups in total. The third-order valence-electron chi connectivity index (χ3n) is 2.94. The Morgan fingerprint density at radius 3 is 2.59 bits per heavy atom. The second-order valence-electron chi connectivity index (χ2n) is 4.28. The van der Waals surface area contributed by atoms with Crippen molar-refractivity contribution >= 4 is 11.6 Å². The number of carbonyl (C=O) groups excluding carboxylic acids is 1. The Labute approximate surface area is 101 Å². The van der Waals surface area contributed by atoms with E-state index in [4.69, 9.17) is 5.21 Å². The first kappa shape index (κ1) is 12.0. The van der Waals surface area contributed by atoms with Gasteiger partial charge in [-0.2, -0.15) is 0 Å². The molecule has 0 unspecified atom stereocenters. The van der Waals surface area contributed by atoms with Crippen LogP contribution in [0, 0.1) is 0 Å². The summed E-state index contributed by atoms with van der Waals surface area (Å²) in [5.41, 5.74) is 4.02. The molecule has 1 amide bonds. The quantitative estimate of drug-likeness (QED) is 0.747. The minimum Gasteiger partial charge on any atom is -0.316 e. The van der Waals surface area contributed by atoms with Gasteiger partial charge >= 0.3 is 0 Å². The molecule has 17 heavy (non-hydrogen) atoms. The van der Waals surface area contributed by atoms with E-state index in [1.54, 1.807) is 4.90 Å². The van der Waals surface area contributed by atoms with Crippen LogP contribution in [-0.4, -0.2) is 42.7 Å². The first-order chi connectivity index (χ1) is 8.20. The summed E-state index contributed by atoms with van der Waals surface area (Å²) in [5.74, 6) is 0.131. The zero-order valence-electron chi connectivity index (χ0n) is 9.89. The standard InChI is InChI=1S/C12H17N3O2/c1-14-6-7-15(12(16)9-14)11-4-2-10(3-5-11)8-13-17/h2-5,13,17H,6-9H2,1H3. The molecule has 1 aliphatic heterocycles. The largest absolute Gasteiger partial charge is 0.316 e. The lowest BCUT2D eigenvalue weighted by Crippen LogP contribution is -2.48. The molecule has 92 valence electrons. The van der Waals surface area contributed by atoms with Gasteiger partial charge in [-0.25, -0.2) is 5.48 Å². The second kappa shape index (κ2) is 5.27. The number of anilines is 1. The highest BCUT2D eigenvalue weighted by Gasteiger charge is 2.22. The average Bonchev–Trinajstić information content (AvgIpc) is 2.31. The number of carbonyl (C=O) groups is 1. The molecule has 1 aliphatic rings. The van der Waals surface area contributed by atoms with Gasteiger partial charge in [0, 0.05) is 25.3 Å². The van der Waals surface area contributed by atoms with Crippen LogP contribution in [0.3, 0.4) is 0 Å². The Balaban J connectivity index is 2.09. The summed E-state index contributed by atoms with van der Waals surface area (Å²) in [6.07, 6.45) is 0. The highest BCUT2D eigenvalue weighted by Crippen LogP contribution is 2.17. The van der Waals surface area contributed by atoms with Crippen LogP contribution in [0.15, 0.2) is 24.3 Å². The van der Waals surface area contributed by atoms with E-state index in [2.05, 4.69) is 5.48 Å². The highest BCUT2D eigenvalue weighted by atomic mass is 16.5. The Morgan fingerprint density at radius 2 is 2.00 bits per heavy atom. The Kier molecular flexibility index (Phi) is 3.73. The summed E-state index contributed by atoms with van der Waals surface area (Å²) >= 11 is 0. The molecule has 0 aromatic heterocycles. The van der Waals surface area contributed by atoms with Gasteiger partial charge in [0.2, 0.25) is 5.91 Å². The van der Waals surface area contributed by atoms with E-state index < -0.39 is 0 Å². The number of amides is 1. The van der Waals surface area contributed by atoms with Crippen LogP contribution >= 0.6 is 0 Å². The van der Waals surface area contributed by atoms with E-state index in [1.807, 2.05) is 36.2 Å². The molecule has 0 radical (unpaired) electrons. The molecule has 0 aliphatic carbocycles. The molecular weight excluding hydrogens is 218 g/mol. The van der Waals surface area contributed by atoms with E-state index in [1.165, 1.54) is 0 Å². The number of piperazine rings is 1. The van der Waals surface area contributed by atoms with E-state index in [9.17, 15) is 4.79 Å². The van der Waals surface area contributed by atoms with Crippen LogP contribution in [0.2, 0.25) is 0 Å². The molecule has 0 atom stereocenters. The first-order valence-electron chi connectivity index (χ1n) is 5.65. The fourth-order valence-electron chi connectivity index (χ4n) is 1.95. The topological polar surface area (TPSA) is 55.8 Å². The molecule has 1 aromatic carbocycles. The Bertz CT molecular complexity index is 391. The normalized spacial score (nSPS) is 17.5. The van der Waals surface area contributed by atoms with Gasteiger partial charge in [-0.15, -0.1) is 0 Å². The van der Waals surface area contributed by atoms with Crippen LogP contribution in [0.4, 0.5) is 5.69 Å². The predicted molar refractivity (Wildman–Crippen MR) is 64.9 cm³/mol. The van der Waals surface area contributed by atoms with Gasteiger partial charge in [0.15, 0.2) is 0 Å². The lowest BCUT2D eigenvalue weighted by Gasteiger charge is -2.32. The van der Waals surface area contributed by atoms with Gasteiger partial charge in [0.25, 0.3) is 0 Å². The summed E-state index contributed by atoms with van der Waals surface area (Å²) < 4.78 is 0. The van der Waals surface area contributed by atoms with Gasteiger partial charge in [0.1, 0.15) is 0 Å². The van der Waals surface area contributed by atoms with Gasteiger partial charge < -0.3 is 10.1 Å². The monoisotopic (exact) mass is 235 g/mol. The number of hydrogen-bond donors (Lipinski definition) is 2. The SMILES string of the molecule is CN1CCN(c2ccc(CNO)cc2)C(=O)C1. The highest BCUT2D eigenvalue weighted by molar-refractivity contribution is 5.95. The van der Waals surface area contributed by atoms with Gasteiger partial charge in [-0.3, -0.25) is 9.69 Å². The minimum atomic E-state index is 0.131. The van der Waals surface area contributed by atoms with Crippen molar-refractivity contribution in [3.05, 3.63) is 29.8 Å². The maximum atomic E-state index is 11.8. The summed E-state index contributed by atoms with van der Waals surface area (Å²) in [6, 6.07) is 7.64. The molecule has 0 saturated carbocycles. The van der Waals surface area contributed by atoms with Crippen molar-refractivity contribution < 1.29 is 10.0 Å². The first-order valence-corrected chi connectivity index (χ1v) is 5.65. The molecule has 1 saturated heterocycles. The fraction of sp³-hybridized carbons (Fsp3) is 0.417. The lowest BCUT2D eigenvalue weighted by atomic mass is 10.2. The van der Waals surface area contributed by atoms with Crippen LogP contribution in [0.1, 0.15) is 5.56 Å². The van der Waals surface area contributed by atoms with E-state index in [0.717, 1.165) is 24.3 Å². The number of nitrogens with one attached hydrogen (secondary N) is 1. The van der Waals surface area contributed by atoms with Crippen LogP contribution < -0.4 is 10.4 Å². The summed E-state index contributed by atoms with van der Waals surface area (Å²) in [6.45, 7) is 2.51. The van der Waals surface area contributed by atoms with Gasteiger partial charge in [0.05, 0.1) is 6.54 Å². The Hall–Kier alpha value is -1.43. The van der Waals surface area contributed by atoms with Crippen molar-refractivity contribution in [3.8, 4) is 0 Å². The van der Waals surface area contributed by atoms with Crippen molar-refractivity contribution in [2.24, 2.45) is 0 Å². The van der Waals surface area contributed by atoms with Crippen LogP contribution in [0.5, 0.6) is 0 Å². The minimum absolute atomic E-state index is 0.131. The van der Waals surface area contributed by atoms with E-state index in [0.29, 0.717) is 13.1 Å². The number of likely N-dealkylation sites (N-methyl/N-ethyl adjacent to an activating group) is 1. The van der Waals surface area contributed by atoms with Crippen LogP contribution in [-0.2, 0) is 11.3 Å². The summed E-state index contributed by atoms with van der Waals surface area (Å²) in [4.78, 5) is 15.7. The molecule has 2 rings (SSSR count). The Morgan fingerprint density at radius 1 is 1.29 bits per heavy atom. The number of nitrogens with zero attached hydrogens (tertiary/aromatic N) is 2. The number of hydrogen-bond acceptors (Lipinski definition) is 4. The third kappa shape index (κ3) is 2.82. The van der Waals surface area contributed by atoms with Crippen LogP contribution in [0.25, 0.3) is 0 Å². The molecule has 1 fully saturated rings. The van der Waals surface area contributed by atoms with Gasteiger partial charge in [-0.05, 0) is 24.7 Å². The molecule has 1 aromatic rings. The lowest BCUT2D eigenvalue weighted by molar-refractivity contribution is -0.120. The number of rotatable bonds is 3. The summed E-state index contributed by atoms with van der Waals surface area (Å²) in [5, 5.41) is 8.59. The maximum absolute atomic E-state index is 11.8. The van der Waals surface area contributed by atoms with Gasteiger partial charge in [-0.1, -0.05) is 12.1 Å². The molecule has 1 heterocycles. The van der Waals surface area contributed by atoms with Crippen molar-refractivity contribution in [2.75, 3.05) is 31.6 Å². The number of benzene rings is 1. The smallest absolute Gasteiger partial charge is 0.241 e. The number of hydroxylamine groups is 1. The second-order valence-corrected chi connectivity index (χ2v) is 4.28. The van der Waals surface area contributed by atoms with Crippen molar-refractivity contribution in [1.82, 2.24) is 10.4 Å². The predicted octanol–water partition coefficient (Wildman–Crippen LogP) is 0.444. The molecule has 0 spiro atoms.